The minimum absolute atomic E-state index is 0.0300. The smallest absolute Gasteiger partial charge is 0.387 e. The highest BCUT2D eigenvalue weighted by molar-refractivity contribution is 6.08. The Morgan fingerprint density at radius 2 is 2.00 bits per heavy atom. The van der Waals surface area contributed by atoms with E-state index in [4.69, 9.17) is 0 Å². The summed E-state index contributed by atoms with van der Waals surface area (Å²) < 4.78 is 30.6. The first-order valence-electron chi connectivity index (χ1n) is 13.1. The molecule has 0 saturated carbocycles. The highest BCUT2D eigenvalue weighted by atomic mass is 19.3. The van der Waals surface area contributed by atoms with Gasteiger partial charge in [-0.25, -0.2) is 4.79 Å². The number of nitrogens with one attached hydrogen (secondary N) is 1. The van der Waals surface area contributed by atoms with Crippen molar-refractivity contribution in [1.29, 1.82) is 0 Å². The van der Waals surface area contributed by atoms with Gasteiger partial charge in [0.05, 0.1) is 6.04 Å². The zero-order valence-corrected chi connectivity index (χ0v) is 21.6. The number of ether oxygens (including phenoxy) is 1. The summed E-state index contributed by atoms with van der Waals surface area (Å²) in [5.74, 6) is -0.124. The van der Waals surface area contributed by atoms with E-state index >= 15 is 0 Å². The number of aromatic hydroxyl groups is 1. The summed E-state index contributed by atoms with van der Waals surface area (Å²) >= 11 is 0. The summed E-state index contributed by atoms with van der Waals surface area (Å²) in [6.45, 7) is 1.38. The van der Waals surface area contributed by atoms with Crippen LogP contribution < -0.4 is 4.74 Å². The fraction of sp³-hybridized carbons (Fsp3) is 0.379. The first-order chi connectivity index (χ1) is 18.7. The molecule has 204 valence electrons. The number of hydrogen-bond acceptors (Lipinski definition) is 5. The van der Waals surface area contributed by atoms with Crippen molar-refractivity contribution in [1.82, 2.24) is 19.7 Å². The number of carbonyl (C=O) groups excluding carboxylic acids is 2. The van der Waals surface area contributed by atoms with Crippen LogP contribution in [0, 0.1) is 0 Å². The van der Waals surface area contributed by atoms with Gasteiger partial charge in [-0.3, -0.25) is 14.6 Å². The van der Waals surface area contributed by atoms with Crippen LogP contribution in [0.2, 0.25) is 0 Å². The van der Waals surface area contributed by atoms with Crippen molar-refractivity contribution in [3.05, 3.63) is 71.4 Å². The van der Waals surface area contributed by atoms with E-state index in [1.54, 1.807) is 42.2 Å². The van der Waals surface area contributed by atoms with Crippen LogP contribution in [0.25, 0.3) is 10.9 Å². The number of amides is 3. The predicted octanol–water partition coefficient (Wildman–Crippen LogP) is 4.60. The Balaban J connectivity index is 1.40. The number of phenols is 1. The van der Waals surface area contributed by atoms with Crippen LogP contribution in [-0.2, 0) is 17.6 Å². The molecule has 0 radical (unpaired) electrons. The lowest BCUT2D eigenvalue weighted by molar-refractivity contribution is -0.133. The second-order valence-electron chi connectivity index (χ2n) is 10.6. The normalized spacial score (nSPS) is 23.1. The number of hydrogen-bond donors (Lipinski definition) is 2. The Morgan fingerprint density at radius 1 is 1.15 bits per heavy atom. The minimum atomic E-state index is -2.96. The molecule has 2 aromatic carbocycles. The van der Waals surface area contributed by atoms with Crippen LogP contribution >= 0.6 is 0 Å². The monoisotopic (exact) mass is 536 g/mol. The third-order valence-electron chi connectivity index (χ3n) is 8.10. The van der Waals surface area contributed by atoms with Crippen LogP contribution in [0.5, 0.6) is 11.5 Å². The van der Waals surface area contributed by atoms with Gasteiger partial charge in [0, 0.05) is 49.2 Å². The molecule has 1 aromatic heterocycles. The summed E-state index contributed by atoms with van der Waals surface area (Å²) in [4.78, 5) is 36.5. The van der Waals surface area contributed by atoms with E-state index in [0.29, 0.717) is 23.9 Å². The number of carbonyl (C=O) groups is 2. The number of nitrogens with zero attached hydrogens (tertiary/aromatic N) is 3. The van der Waals surface area contributed by atoms with Crippen molar-refractivity contribution in [2.45, 2.75) is 44.4 Å². The first-order valence-corrected chi connectivity index (χ1v) is 13.1. The molecule has 8 nitrogen and oxygen atoms in total. The van der Waals surface area contributed by atoms with Crippen LogP contribution in [0.4, 0.5) is 13.6 Å². The summed E-state index contributed by atoms with van der Waals surface area (Å²) in [6, 6.07) is 10.7. The molecule has 3 aromatic rings. The summed E-state index contributed by atoms with van der Waals surface area (Å²) in [5, 5.41) is 10.8. The van der Waals surface area contributed by atoms with Gasteiger partial charge in [0.15, 0.2) is 0 Å². The van der Waals surface area contributed by atoms with Gasteiger partial charge in [0.25, 0.3) is 5.91 Å². The number of rotatable bonds is 7. The molecule has 39 heavy (non-hydrogen) atoms. The van der Waals surface area contributed by atoms with Gasteiger partial charge < -0.3 is 19.7 Å². The maximum Gasteiger partial charge on any atom is 0.387 e. The zero-order valence-electron chi connectivity index (χ0n) is 21.6. The van der Waals surface area contributed by atoms with Crippen molar-refractivity contribution in [3.8, 4) is 11.5 Å². The van der Waals surface area contributed by atoms with E-state index in [-0.39, 0.29) is 36.4 Å². The van der Waals surface area contributed by atoms with Crippen molar-refractivity contribution in [2.75, 3.05) is 26.2 Å². The van der Waals surface area contributed by atoms with Gasteiger partial charge in [-0.2, -0.15) is 8.78 Å². The van der Waals surface area contributed by atoms with Gasteiger partial charge in [-0.15, -0.1) is 0 Å². The number of imide groups is 1. The van der Waals surface area contributed by atoms with E-state index < -0.39 is 18.2 Å². The number of fused-ring (bicyclic) bond motifs is 4. The van der Waals surface area contributed by atoms with Gasteiger partial charge in [0.1, 0.15) is 17.0 Å². The molecule has 0 spiro atoms. The number of H-pyrrole nitrogens is 1. The second-order valence-corrected chi connectivity index (χ2v) is 10.6. The van der Waals surface area contributed by atoms with Crippen LogP contribution in [0.15, 0.2) is 54.6 Å². The molecule has 10 heteroatoms. The first kappa shape index (κ1) is 25.4. The Hall–Kier alpha value is -3.92. The van der Waals surface area contributed by atoms with Crippen molar-refractivity contribution in [3.63, 3.8) is 0 Å². The van der Waals surface area contributed by atoms with E-state index in [9.17, 15) is 23.5 Å². The zero-order chi connectivity index (χ0) is 27.3. The third-order valence-corrected chi connectivity index (χ3v) is 8.10. The molecule has 1 unspecified atom stereocenters. The van der Waals surface area contributed by atoms with Crippen LogP contribution in [0.3, 0.4) is 0 Å². The van der Waals surface area contributed by atoms with Gasteiger partial charge in [-0.1, -0.05) is 24.3 Å². The van der Waals surface area contributed by atoms with E-state index in [1.165, 1.54) is 11.0 Å². The van der Waals surface area contributed by atoms with E-state index in [0.717, 1.165) is 36.3 Å². The van der Waals surface area contributed by atoms with Gasteiger partial charge >= 0.3 is 12.6 Å². The lowest BCUT2D eigenvalue weighted by Gasteiger charge is -2.42. The van der Waals surface area contributed by atoms with Gasteiger partial charge in [0.2, 0.25) is 0 Å². The van der Waals surface area contributed by atoms with Crippen molar-refractivity contribution >= 4 is 22.8 Å². The second kappa shape index (κ2) is 9.68. The average molecular weight is 537 g/mol. The quantitative estimate of drug-likeness (QED) is 0.340. The highest BCUT2D eigenvalue weighted by Gasteiger charge is 2.59. The Kier molecular flexibility index (Phi) is 6.29. The molecule has 3 aliphatic heterocycles. The minimum Gasteiger partial charge on any atom is -0.508 e. The molecule has 1 saturated heterocycles. The number of halogens is 2. The topological polar surface area (TPSA) is 89.1 Å². The van der Waals surface area contributed by atoms with E-state index in [1.807, 2.05) is 6.07 Å². The Morgan fingerprint density at radius 3 is 2.74 bits per heavy atom. The standard InChI is InChI=1S/C29H30F2N4O4/c1-29-17-22-21-16-20(39-27(30)31)8-9-23(21)32-25(22)24(15-18-6-5-7-19(36)14-18)35(29)28(38)34(26(29)37)13-12-33-10-3-2-4-11-33/h2-3,5-9,14,16,24,27,32,36H,4,10-13,15,17H2,1H3/t24?,29-/m0/s1. The van der Waals surface area contributed by atoms with Crippen molar-refractivity contribution < 1.29 is 28.2 Å². The number of benzene rings is 2. The SMILES string of the molecule is C[C@@]12Cc3c([nH]c4ccc(OC(F)F)cc34)C(Cc3cccc(O)c3)N1C(=O)N(CCN1CC=CCC1)C2=O. The molecule has 0 bridgehead atoms. The average Bonchev–Trinajstić information content (AvgIpc) is 3.34. The summed E-state index contributed by atoms with van der Waals surface area (Å²) in [5.41, 5.74) is 1.92. The lowest BCUT2D eigenvalue weighted by atomic mass is 9.81. The number of aromatic nitrogens is 1. The van der Waals surface area contributed by atoms with Crippen LogP contribution in [0.1, 0.15) is 36.2 Å². The number of urea groups is 1. The molecule has 3 amide bonds. The Labute approximate surface area is 224 Å². The van der Waals surface area contributed by atoms with E-state index in [2.05, 4.69) is 26.8 Å². The molecule has 0 aliphatic carbocycles. The predicted molar refractivity (Wildman–Crippen MR) is 141 cm³/mol. The number of phenolic OH excluding ortho intramolecular Hbond substituents is 1. The largest absolute Gasteiger partial charge is 0.508 e. The molecule has 3 aliphatic rings. The molecular weight excluding hydrogens is 506 g/mol. The van der Waals surface area contributed by atoms with Crippen LogP contribution in [-0.4, -0.2) is 75.1 Å². The Bertz CT molecular complexity index is 1470. The maximum absolute atomic E-state index is 13.9. The number of aromatic amines is 1. The lowest BCUT2D eigenvalue weighted by Crippen LogP contribution is -2.53. The molecule has 2 atom stereocenters. The van der Waals surface area contributed by atoms with Crippen molar-refractivity contribution in [2.24, 2.45) is 0 Å². The maximum atomic E-state index is 13.9. The molecule has 4 heterocycles. The van der Waals surface area contributed by atoms with Gasteiger partial charge in [-0.05, 0) is 61.2 Å². The molecule has 1 fully saturated rings. The molecule has 2 N–H and O–H groups in total. The summed E-state index contributed by atoms with van der Waals surface area (Å²) in [7, 11) is 0. The highest BCUT2D eigenvalue weighted by Crippen LogP contribution is 2.48. The fourth-order valence-corrected chi connectivity index (χ4v) is 6.26. The number of alkyl halides is 2. The third kappa shape index (κ3) is 4.42. The molecular formula is C29H30F2N4O4. The summed E-state index contributed by atoms with van der Waals surface area (Å²) in [6.07, 6.45) is 5.76. The fourth-order valence-electron chi connectivity index (χ4n) is 6.26. The molecule has 6 rings (SSSR count).